The van der Waals surface area contributed by atoms with Crippen molar-refractivity contribution in [1.82, 2.24) is 5.32 Å². The van der Waals surface area contributed by atoms with E-state index in [0.717, 1.165) is 32.0 Å². The van der Waals surface area contributed by atoms with Gasteiger partial charge in [-0.3, -0.25) is 0 Å². The quantitative estimate of drug-likeness (QED) is 0.696. The number of rotatable bonds is 5. The van der Waals surface area contributed by atoms with E-state index in [4.69, 9.17) is 17.0 Å². The summed E-state index contributed by atoms with van der Waals surface area (Å²) in [6.45, 7) is 5.73. The van der Waals surface area contributed by atoms with Gasteiger partial charge in [0.25, 0.3) is 0 Å². The molecule has 2 heterocycles. The van der Waals surface area contributed by atoms with Gasteiger partial charge in [0, 0.05) is 5.69 Å². The Hall–Kier alpha value is -1.54. The summed E-state index contributed by atoms with van der Waals surface area (Å²) in [5.41, 5.74) is 0.775. The number of nitrogens with one attached hydrogen (secondary N) is 3. The summed E-state index contributed by atoms with van der Waals surface area (Å²) in [6.07, 6.45) is 0. The number of hydrogen-bond acceptors (Lipinski definition) is 3. The molecule has 0 saturated carbocycles. The van der Waals surface area contributed by atoms with E-state index in [-0.39, 0.29) is 11.9 Å². The predicted molar refractivity (Wildman–Crippen MR) is 104 cm³/mol. The largest absolute Gasteiger partial charge is 0.370 e. The fourth-order valence-electron chi connectivity index (χ4n) is 3.20. The van der Waals surface area contributed by atoms with Gasteiger partial charge >= 0.3 is 0 Å². The van der Waals surface area contributed by atoms with Crippen molar-refractivity contribution in [2.75, 3.05) is 31.6 Å². The molecule has 0 radical (unpaired) electrons. The zero-order valence-electron chi connectivity index (χ0n) is 14.1. The Balaban J connectivity index is 1.66. The van der Waals surface area contributed by atoms with Gasteiger partial charge in [0.05, 0.1) is 24.1 Å². The molecule has 1 aliphatic heterocycles. The number of thiophene rings is 1. The van der Waals surface area contributed by atoms with Crippen LogP contribution in [0.4, 0.5) is 10.1 Å². The molecular weight excluding hydrogens is 357 g/mol. The Morgan fingerprint density at radius 2 is 1.96 bits per heavy atom. The minimum Gasteiger partial charge on any atom is -0.370 e. The SMILES string of the molecule is C[C@H](NC(=S)Nc1ccc(F)cc1)[C@@H](c1cccs1)[NH+]1CCOCC1. The summed E-state index contributed by atoms with van der Waals surface area (Å²) in [5, 5.41) is 9.19. The highest BCUT2D eigenvalue weighted by Gasteiger charge is 2.32. The molecular formula is C18H23FN3OS2+. The molecule has 3 rings (SSSR count). The summed E-state index contributed by atoms with van der Waals surface area (Å²) < 4.78 is 18.5. The first kappa shape index (κ1) is 18.3. The van der Waals surface area contributed by atoms with Gasteiger partial charge in [-0.05, 0) is 54.9 Å². The standard InChI is InChI=1S/C18H22FN3OS2/c1-13(20-18(24)21-15-6-4-14(19)5-7-15)17(16-3-2-12-25-16)22-8-10-23-11-9-22/h2-7,12-13,17H,8-11H2,1H3,(H2,20,21,24)/p+1/t13-,17-/m0/s1. The molecule has 0 spiro atoms. The Morgan fingerprint density at radius 1 is 1.24 bits per heavy atom. The van der Waals surface area contributed by atoms with Crippen LogP contribution in [0.3, 0.4) is 0 Å². The lowest BCUT2D eigenvalue weighted by atomic mass is 10.1. The van der Waals surface area contributed by atoms with Gasteiger partial charge in [-0.15, -0.1) is 11.3 Å². The number of quaternary nitrogens is 1. The molecule has 0 aliphatic carbocycles. The van der Waals surface area contributed by atoms with Crippen molar-refractivity contribution in [2.45, 2.75) is 19.0 Å². The highest BCUT2D eigenvalue weighted by Crippen LogP contribution is 2.20. The lowest BCUT2D eigenvalue weighted by molar-refractivity contribution is -0.939. The van der Waals surface area contributed by atoms with Crippen molar-refractivity contribution in [3.05, 3.63) is 52.5 Å². The van der Waals surface area contributed by atoms with Gasteiger partial charge in [-0.1, -0.05) is 6.07 Å². The maximum atomic E-state index is 13.0. The highest BCUT2D eigenvalue weighted by molar-refractivity contribution is 7.80. The van der Waals surface area contributed by atoms with Crippen molar-refractivity contribution >= 4 is 34.4 Å². The molecule has 2 atom stereocenters. The molecule has 1 saturated heterocycles. The average Bonchev–Trinajstić information content (AvgIpc) is 3.12. The van der Waals surface area contributed by atoms with E-state index in [1.54, 1.807) is 23.5 Å². The molecule has 1 fully saturated rings. The molecule has 134 valence electrons. The van der Waals surface area contributed by atoms with Crippen LogP contribution >= 0.6 is 23.6 Å². The van der Waals surface area contributed by atoms with E-state index in [1.807, 2.05) is 0 Å². The predicted octanol–water partition coefficient (Wildman–Crippen LogP) is 2.22. The minimum atomic E-state index is -0.258. The van der Waals surface area contributed by atoms with Crippen LogP contribution < -0.4 is 15.5 Å². The summed E-state index contributed by atoms with van der Waals surface area (Å²) in [6, 6.07) is 10.9. The van der Waals surface area contributed by atoms with Crippen LogP contribution in [-0.4, -0.2) is 37.5 Å². The minimum absolute atomic E-state index is 0.159. The normalized spacial score (nSPS) is 17.7. The highest BCUT2D eigenvalue weighted by atomic mass is 32.1. The average molecular weight is 381 g/mol. The first-order valence-electron chi connectivity index (χ1n) is 8.42. The van der Waals surface area contributed by atoms with Crippen LogP contribution in [0.15, 0.2) is 41.8 Å². The van der Waals surface area contributed by atoms with Crippen LogP contribution in [0.2, 0.25) is 0 Å². The van der Waals surface area contributed by atoms with E-state index in [1.165, 1.54) is 21.9 Å². The van der Waals surface area contributed by atoms with Gasteiger partial charge in [-0.2, -0.15) is 0 Å². The zero-order valence-corrected chi connectivity index (χ0v) is 15.8. The van der Waals surface area contributed by atoms with Crippen molar-refractivity contribution in [3.8, 4) is 0 Å². The summed E-state index contributed by atoms with van der Waals surface area (Å²) in [7, 11) is 0. The number of benzene rings is 1. The molecule has 1 aromatic carbocycles. The van der Waals surface area contributed by atoms with Gasteiger partial charge in [0.1, 0.15) is 24.9 Å². The van der Waals surface area contributed by atoms with Gasteiger partial charge in [0.2, 0.25) is 0 Å². The van der Waals surface area contributed by atoms with Gasteiger partial charge in [0.15, 0.2) is 5.11 Å². The van der Waals surface area contributed by atoms with Crippen molar-refractivity contribution in [1.29, 1.82) is 0 Å². The molecule has 4 nitrogen and oxygen atoms in total. The molecule has 1 aliphatic rings. The smallest absolute Gasteiger partial charge is 0.171 e. The van der Waals surface area contributed by atoms with Crippen LogP contribution in [0.5, 0.6) is 0 Å². The number of ether oxygens (including phenoxy) is 1. The number of thiocarbonyl (C=S) groups is 1. The van der Waals surface area contributed by atoms with Crippen molar-refractivity contribution in [3.63, 3.8) is 0 Å². The summed E-state index contributed by atoms with van der Waals surface area (Å²) in [4.78, 5) is 2.86. The molecule has 0 unspecified atom stereocenters. The lowest BCUT2D eigenvalue weighted by Gasteiger charge is -2.35. The molecule has 7 heteroatoms. The first-order valence-corrected chi connectivity index (χ1v) is 9.71. The third-order valence-electron chi connectivity index (χ3n) is 4.39. The van der Waals surface area contributed by atoms with Crippen LogP contribution in [0.1, 0.15) is 17.8 Å². The Kier molecular flexibility index (Phi) is 6.36. The monoisotopic (exact) mass is 380 g/mol. The molecule has 3 N–H and O–H groups in total. The number of hydrogen-bond donors (Lipinski definition) is 3. The second-order valence-electron chi connectivity index (χ2n) is 6.16. The van der Waals surface area contributed by atoms with E-state index in [2.05, 4.69) is 35.1 Å². The second kappa shape index (κ2) is 8.71. The fraction of sp³-hybridized carbons (Fsp3) is 0.389. The first-order chi connectivity index (χ1) is 12.1. The fourth-order valence-corrected chi connectivity index (χ4v) is 4.50. The van der Waals surface area contributed by atoms with Crippen LogP contribution in [0.25, 0.3) is 0 Å². The van der Waals surface area contributed by atoms with Crippen LogP contribution in [-0.2, 0) is 4.74 Å². The molecule has 1 aromatic heterocycles. The van der Waals surface area contributed by atoms with Crippen molar-refractivity contribution < 1.29 is 14.0 Å². The topological polar surface area (TPSA) is 37.7 Å². The third-order valence-corrected chi connectivity index (χ3v) is 5.56. The van der Waals surface area contributed by atoms with E-state index < -0.39 is 0 Å². The second-order valence-corrected chi connectivity index (χ2v) is 7.55. The maximum absolute atomic E-state index is 13.0. The molecule has 0 bridgehead atoms. The summed E-state index contributed by atoms with van der Waals surface area (Å²) >= 11 is 7.23. The van der Waals surface area contributed by atoms with Crippen molar-refractivity contribution in [2.24, 2.45) is 0 Å². The third kappa shape index (κ3) is 4.98. The molecule has 2 aromatic rings. The Bertz CT molecular complexity index is 672. The van der Waals surface area contributed by atoms with Crippen LogP contribution in [0, 0.1) is 5.82 Å². The zero-order chi connectivity index (χ0) is 17.6. The number of halogens is 1. The summed E-state index contributed by atoms with van der Waals surface area (Å²) in [5.74, 6) is -0.258. The lowest BCUT2D eigenvalue weighted by Crippen LogP contribution is -3.15. The molecule has 0 amide bonds. The van der Waals surface area contributed by atoms with Gasteiger partial charge in [-0.25, -0.2) is 4.39 Å². The van der Waals surface area contributed by atoms with E-state index >= 15 is 0 Å². The maximum Gasteiger partial charge on any atom is 0.171 e. The number of anilines is 1. The Labute approximate surface area is 157 Å². The molecule has 25 heavy (non-hydrogen) atoms. The van der Waals surface area contributed by atoms with E-state index in [9.17, 15) is 4.39 Å². The Morgan fingerprint density at radius 3 is 2.60 bits per heavy atom. The van der Waals surface area contributed by atoms with Gasteiger partial charge < -0.3 is 20.3 Å². The van der Waals surface area contributed by atoms with E-state index in [0.29, 0.717) is 11.2 Å². The number of morpholine rings is 1.